The van der Waals surface area contributed by atoms with Gasteiger partial charge in [0.15, 0.2) is 0 Å². The highest BCUT2D eigenvalue weighted by Crippen LogP contribution is 2.25. The summed E-state index contributed by atoms with van der Waals surface area (Å²) in [4.78, 5) is 2.67. The Morgan fingerprint density at radius 2 is 1.84 bits per heavy atom. The van der Waals surface area contributed by atoms with E-state index >= 15 is 0 Å². The molecule has 25 heavy (non-hydrogen) atoms. The molecule has 1 heterocycles. The summed E-state index contributed by atoms with van der Waals surface area (Å²) >= 11 is 0. The highest BCUT2D eigenvalue weighted by Gasteiger charge is 2.28. The second-order valence-electron chi connectivity index (χ2n) is 7.20. The summed E-state index contributed by atoms with van der Waals surface area (Å²) in [5, 5.41) is 9.01. The van der Waals surface area contributed by atoms with Crippen LogP contribution >= 0.6 is 0 Å². The minimum Gasteiger partial charge on any atom is -0.302 e. The van der Waals surface area contributed by atoms with Gasteiger partial charge < -0.3 is 4.90 Å². The van der Waals surface area contributed by atoms with E-state index < -0.39 is 10.0 Å². The third-order valence-corrected chi connectivity index (χ3v) is 7.28. The van der Waals surface area contributed by atoms with E-state index in [2.05, 4.69) is 4.90 Å². The minimum absolute atomic E-state index is 0.229. The monoisotopic (exact) mass is 361 g/mol. The van der Waals surface area contributed by atoms with Crippen LogP contribution in [0.2, 0.25) is 0 Å². The quantitative estimate of drug-likeness (QED) is 0.827. The molecule has 6 heteroatoms. The molecule has 0 spiro atoms. The number of sulfonamides is 1. The van der Waals surface area contributed by atoms with E-state index in [1.807, 2.05) is 6.07 Å². The zero-order valence-corrected chi connectivity index (χ0v) is 15.5. The third kappa shape index (κ3) is 4.60. The van der Waals surface area contributed by atoms with Crippen LogP contribution in [-0.4, -0.2) is 50.3 Å². The van der Waals surface area contributed by atoms with Crippen molar-refractivity contribution < 1.29 is 8.42 Å². The predicted molar refractivity (Wildman–Crippen MR) is 97.5 cm³/mol. The zero-order valence-electron chi connectivity index (χ0n) is 14.7. The van der Waals surface area contributed by atoms with Crippen LogP contribution < -0.4 is 0 Å². The van der Waals surface area contributed by atoms with E-state index in [1.165, 1.54) is 38.2 Å². The lowest BCUT2D eigenvalue weighted by Crippen LogP contribution is -2.36. The molecule has 1 aliphatic carbocycles. The van der Waals surface area contributed by atoms with E-state index in [0.717, 1.165) is 32.0 Å². The second kappa shape index (κ2) is 8.31. The first-order valence-electron chi connectivity index (χ1n) is 9.32. The second-order valence-corrected chi connectivity index (χ2v) is 9.14. The number of hydrogen-bond acceptors (Lipinski definition) is 4. The molecule has 0 bridgehead atoms. The fourth-order valence-corrected chi connectivity index (χ4v) is 5.50. The van der Waals surface area contributed by atoms with Gasteiger partial charge in [-0.05, 0) is 49.9 Å². The molecule has 0 radical (unpaired) electrons. The van der Waals surface area contributed by atoms with Crippen LogP contribution in [0.3, 0.4) is 0 Å². The summed E-state index contributed by atoms with van der Waals surface area (Å²) < 4.78 is 27.4. The molecule has 2 aliphatic rings. The molecular weight excluding hydrogens is 334 g/mol. The number of hydrogen-bond donors (Lipinski definition) is 0. The Bertz CT molecular complexity index is 720. The molecule has 1 aromatic carbocycles. The molecule has 0 amide bonds. The van der Waals surface area contributed by atoms with Gasteiger partial charge in [0.05, 0.1) is 16.5 Å². The van der Waals surface area contributed by atoms with E-state index in [-0.39, 0.29) is 4.90 Å². The number of benzene rings is 1. The van der Waals surface area contributed by atoms with Crippen LogP contribution in [0.4, 0.5) is 0 Å². The lowest BCUT2D eigenvalue weighted by molar-refractivity contribution is 0.208. The molecule has 5 nitrogen and oxygen atoms in total. The van der Waals surface area contributed by atoms with Gasteiger partial charge in [-0.1, -0.05) is 25.3 Å². The summed E-state index contributed by atoms with van der Waals surface area (Å²) in [5.74, 6) is 0.782. The highest BCUT2D eigenvalue weighted by molar-refractivity contribution is 7.89. The van der Waals surface area contributed by atoms with Crippen molar-refractivity contribution in [3.05, 3.63) is 29.8 Å². The van der Waals surface area contributed by atoms with Crippen molar-refractivity contribution in [2.24, 2.45) is 5.92 Å². The maximum absolute atomic E-state index is 12.9. The first-order chi connectivity index (χ1) is 12.1. The fourth-order valence-electron chi connectivity index (χ4n) is 3.98. The van der Waals surface area contributed by atoms with Crippen molar-refractivity contribution in [1.82, 2.24) is 9.21 Å². The lowest BCUT2D eigenvalue weighted by atomic mass is 9.89. The molecule has 0 unspecified atom stereocenters. The normalized spacial score (nSPS) is 21.6. The zero-order chi connectivity index (χ0) is 17.7. The van der Waals surface area contributed by atoms with Crippen LogP contribution in [-0.2, 0) is 10.0 Å². The maximum Gasteiger partial charge on any atom is 0.243 e. The predicted octanol–water partition coefficient (Wildman–Crippen LogP) is 2.83. The third-order valence-electron chi connectivity index (χ3n) is 5.39. The molecule has 1 saturated carbocycles. The molecular formula is C19H27N3O2S. The van der Waals surface area contributed by atoms with Gasteiger partial charge >= 0.3 is 0 Å². The van der Waals surface area contributed by atoms with Gasteiger partial charge in [0.1, 0.15) is 0 Å². The molecule has 0 N–H and O–H groups in total. The molecule has 1 aromatic rings. The van der Waals surface area contributed by atoms with Crippen molar-refractivity contribution in [3.63, 3.8) is 0 Å². The minimum atomic E-state index is -3.52. The van der Waals surface area contributed by atoms with Crippen LogP contribution in [0, 0.1) is 17.2 Å². The van der Waals surface area contributed by atoms with Crippen molar-refractivity contribution in [1.29, 1.82) is 5.26 Å². The van der Waals surface area contributed by atoms with E-state index in [9.17, 15) is 8.42 Å². The molecule has 136 valence electrons. The Labute approximate surface area is 151 Å². The summed E-state index contributed by atoms with van der Waals surface area (Å²) in [6.45, 7) is 3.97. The van der Waals surface area contributed by atoms with Gasteiger partial charge in [0, 0.05) is 26.2 Å². The molecule has 1 aliphatic heterocycles. The Balaban J connectivity index is 1.64. The van der Waals surface area contributed by atoms with Gasteiger partial charge in [0.25, 0.3) is 0 Å². The molecule has 0 aromatic heterocycles. The average molecular weight is 362 g/mol. The molecule has 3 rings (SSSR count). The van der Waals surface area contributed by atoms with Crippen LogP contribution in [0.15, 0.2) is 29.2 Å². The number of rotatable bonds is 4. The van der Waals surface area contributed by atoms with E-state index in [0.29, 0.717) is 18.7 Å². The van der Waals surface area contributed by atoms with Gasteiger partial charge in [-0.15, -0.1) is 0 Å². The number of nitriles is 1. The van der Waals surface area contributed by atoms with Crippen molar-refractivity contribution >= 4 is 10.0 Å². The van der Waals surface area contributed by atoms with Crippen LogP contribution in [0.5, 0.6) is 0 Å². The Hall–Kier alpha value is -1.42. The van der Waals surface area contributed by atoms with E-state index in [4.69, 9.17) is 5.26 Å². The van der Waals surface area contributed by atoms with Crippen LogP contribution in [0.1, 0.15) is 44.1 Å². The molecule has 0 atom stereocenters. The van der Waals surface area contributed by atoms with E-state index in [1.54, 1.807) is 22.5 Å². The fraction of sp³-hybridized carbons (Fsp3) is 0.632. The molecule has 1 saturated heterocycles. The first kappa shape index (κ1) is 18.4. The first-order valence-corrected chi connectivity index (χ1v) is 10.8. The Morgan fingerprint density at radius 1 is 1.04 bits per heavy atom. The largest absolute Gasteiger partial charge is 0.302 e. The van der Waals surface area contributed by atoms with Crippen molar-refractivity contribution in [2.75, 3.05) is 32.7 Å². The Kier molecular flexibility index (Phi) is 6.10. The summed E-state index contributed by atoms with van der Waals surface area (Å²) in [6, 6.07) is 8.34. The van der Waals surface area contributed by atoms with Gasteiger partial charge in [-0.25, -0.2) is 8.42 Å². The van der Waals surface area contributed by atoms with Crippen molar-refractivity contribution in [3.8, 4) is 6.07 Å². The summed E-state index contributed by atoms with van der Waals surface area (Å²) in [6.07, 6.45) is 7.55. The van der Waals surface area contributed by atoms with Gasteiger partial charge in [-0.3, -0.25) is 0 Å². The lowest BCUT2D eigenvalue weighted by Gasteiger charge is -2.28. The standard InChI is InChI=1S/C19H27N3O2S/c20-15-18-8-4-9-19(14-18)25(23,24)22-11-5-10-21(12-13-22)16-17-6-2-1-3-7-17/h4,8-9,14,17H,1-3,5-7,10-13,16H2. The summed E-state index contributed by atoms with van der Waals surface area (Å²) in [7, 11) is -3.52. The smallest absolute Gasteiger partial charge is 0.243 e. The van der Waals surface area contributed by atoms with Crippen LogP contribution in [0.25, 0.3) is 0 Å². The number of nitrogens with zero attached hydrogens (tertiary/aromatic N) is 3. The summed E-state index contributed by atoms with van der Waals surface area (Å²) in [5.41, 5.74) is 0.384. The maximum atomic E-state index is 12.9. The highest BCUT2D eigenvalue weighted by atomic mass is 32.2. The Morgan fingerprint density at radius 3 is 2.60 bits per heavy atom. The van der Waals surface area contributed by atoms with Crippen molar-refractivity contribution in [2.45, 2.75) is 43.4 Å². The average Bonchev–Trinajstić information content (AvgIpc) is 2.89. The van der Waals surface area contributed by atoms with Gasteiger partial charge in [0.2, 0.25) is 10.0 Å². The SMILES string of the molecule is N#Cc1cccc(S(=O)(=O)N2CCCN(CC3CCCCC3)CC2)c1. The topological polar surface area (TPSA) is 64.4 Å². The van der Waals surface area contributed by atoms with Gasteiger partial charge in [-0.2, -0.15) is 9.57 Å². The molecule has 2 fully saturated rings.